The van der Waals surface area contributed by atoms with Crippen molar-refractivity contribution in [3.8, 4) is 11.3 Å². The molecule has 0 radical (unpaired) electrons. The lowest BCUT2D eigenvalue weighted by Gasteiger charge is -2.08. The smallest absolute Gasteiger partial charge is 0.193 e. The molecule has 0 unspecified atom stereocenters. The molecule has 0 spiro atoms. The fraction of sp³-hybridized carbons (Fsp3) is 0.118. The lowest BCUT2D eigenvalue weighted by molar-refractivity contribution is 0.619. The van der Waals surface area contributed by atoms with Gasteiger partial charge in [-0.05, 0) is 49.2 Å². The molecule has 0 saturated heterocycles. The highest BCUT2D eigenvalue weighted by molar-refractivity contribution is 6.32. The van der Waals surface area contributed by atoms with E-state index in [4.69, 9.17) is 16.0 Å². The van der Waals surface area contributed by atoms with E-state index in [0.29, 0.717) is 16.7 Å². The summed E-state index contributed by atoms with van der Waals surface area (Å²) >= 11 is 6.17. The topological polar surface area (TPSA) is 30.2 Å². The number of benzene rings is 2. The summed E-state index contributed by atoms with van der Waals surface area (Å²) in [5.74, 6) is 0.566. The summed E-state index contributed by atoms with van der Waals surface area (Å²) in [5, 5.41) is 1.34. The third-order valence-electron chi connectivity index (χ3n) is 3.36. The van der Waals surface area contributed by atoms with Crippen LogP contribution in [0.1, 0.15) is 11.1 Å². The number of fused-ring (bicyclic) bond motifs is 1. The monoisotopic (exact) mass is 284 g/mol. The molecule has 3 rings (SSSR count). The van der Waals surface area contributed by atoms with E-state index in [1.54, 1.807) is 12.1 Å². The van der Waals surface area contributed by atoms with Crippen molar-refractivity contribution in [2.45, 2.75) is 13.8 Å². The molecule has 20 heavy (non-hydrogen) atoms. The van der Waals surface area contributed by atoms with Gasteiger partial charge in [-0.2, -0.15) is 0 Å². The first kappa shape index (κ1) is 12.9. The molecule has 2 aromatic carbocycles. The fourth-order valence-corrected chi connectivity index (χ4v) is 2.44. The van der Waals surface area contributed by atoms with Crippen LogP contribution in [0.25, 0.3) is 22.3 Å². The van der Waals surface area contributed by atoms with E-state index < -0.39 is 0 Å². The third kappa shape index (κ3) is 2.12. The molecule has 0 atom stereocenters. The van der Waals surface area contributed by atoms with Gasteiger partial charge < -0.3 is 4.42 Å². The highest BCUT2D eigenvalue weighted by Crippen LogP contribution is 2.28. The van der Waals surface area contributed by atoms with E-state index >= 15 is 0 Å². The Hall–Kier alpha value is -2.06. The minimum absolute atomic E-state index is 0.0351. The molecule has 1 aromatic heterocycles. The Labute approximate surface area is 121 Å². The van der Waals surface area contributed by atoms with Crippen LogP contribution in [-0.2, 0) is 0 Å². The highest BCUT2D eigenvalue weighted by Gasteiger charge is 2.09. The summed E-state index contributed by atoms with van der Waals surface area (Å²) in [6.07, 6.45) is 0. The Morgan fingerprint density at radius 3 is 2.35 bits per heavy atom. The molecule has 0 N–H and O–H groups in total. The maximum absolute atomic E-state index is 12.1. The summed E-state index contributed by atoms with van der Waals surface area (Å²) in [6.45, 7) is 3.88. The average Bonchev–Trinajstić information content (AvgIpc) is 2.44. The minimum Gasteiger partial charge on any atom is -0.456 e. The van der Waals surface area contributed by atoms with Crippen molar-refractivity contribution >= 4 is 22.6 Å². The molecule has 100 valence electrons. The molecular formula is C17H13ClO2. The van der Waals surface area contributed by atoms with Crippen molar-refractivity contribution in [3.63, 3.8) is 0 Å². The highest BCUT2D eigenvalue weighted by atomic mass is 35.5. The van der Waals surface area contributed by atoms with Gasteiger partial charge >= 0.3 is 0 Å². The first-order valence-corrected chi connectivity index (χ1v) is 6.74. The molecule has 0 fully saturated rings. The summed E-state index contributed by atoms with van der Waals surface area (Å²) in [5.41, 5.74) is 3.37. The minimum atomic E-state index is -0.0351. The van der Waals surface area contributed by atoms with Crippen LogP contribution < -0.4 is 5.43 Å². The zero-order valence-electron chi connectivity index (χ0n) is 11.2. The Bertz CT molecular complexity index is 839. The third-order valence-corrected chi connectivity index (χ3v) is 3.95. The van der Waals surface area contributed by atoms with Crippen molar-refractivity contribution in [2.75, 3.05) is 0 Å². The number of rotatable bonds is 1. The van der Waals surface area contributed by atoms with Crippen molar-refractivity contribution in [1.29, 1.82) is 0 Å². The van der Waals surface area contributed by atoms with Crippen molar-refractivity contribution in [2.24, 2.45) is 0 Å². The van der Waals surface area contributed by atoms with Gasteiger partial charge in [-0.3, -0.25) is 4.79 Å². The van der Waals surface area contributed by atoms with Gasteiger partial charge in [-0.25, -0.2) is 0 Å². The standard InChI is InChI=1S/C17H13ClO2/c1-10-7-12(8-11(2)17(10)18)16-9-14(19)13-5-3-4-6-15(13)20-16/h3-9H,1-2H3. The summed E-state index contributed by atoms with van der Waals surface area (Å²) in [7, 11) is 0. The second-order valence-electron chi connectivity index (χ2n) is 4.90. The van der Waals surface area contributed by atoms with Crippen LogP contribution in [-0.4, -0.2) is 0 Å². The first-order chi connectivity index (χ1) is 9.56. The van der Waals surface area contributed by atoms with Crippen LogP contribution in [0, 0.1) is 13.8 Å². The summed E-state index contributed by atoms with van der Waals surface area (Å²) < 4.78 is 5.84. The number of hydrogen-bond acceptors (Lipinski definition) is 2. The number of aryl methyl sites for hydroxylation is 2. The van der Waals surface area contributed by atoms with Crippen LogP contribution in [0.5, 0.6) is 0 Å². The van der Waals surface area contributed by atoms with Gasteiger partial charge in [0.25, 0.3) is 0 Å². The second kappa shape index (κ2) is 4.80. The largest absolute Gasteiger partial charge is 0.456 e. The summed E-state index contributed by atoms with van der Waals surface area (Å²) in [6, 6.07) is 12.7. The van der Waals surface area contributed by atoms with Gasteiger partial charge in [0.1, 0.15) is 11.3 Å². The van der Waals surface area contributed by atoms with E-state index in [1.165, 1.54) is 6.07 Å². The molecule has 0 aliphatic heterocycles. The second-order valence-corrected chi connectivity index (χ2v) is 5.27. The first-order valence-electron chi connectivity index (χ1n) is 6.36. The molecule has 0 aliphatic carbocycles. The summed E-state index contributed by atoms with van der Waals surface area (Å²) in [4.78, 5) is 12.1. The average molecular weight is 285 g/mol. The Kier molecular flexibility index (Phi) is 3.11. The van der Waals surface area contributed by atoms with E-state index in [1.807, 2.05) is 38.1 Å². The normalized spacial score (nSPS) is 10.9. The molecule has 0 aliphatic rings. The van der Waals surface area contributed by atoms with Crippen LogP contribution in [0.3, 0.4) is 0 Å². The molecule has 0 bridgehead atoms. The molecule has 3 aromatic rings. The van der Waals surface area contributed by atoms with Crippen LogP contribution in [0.4, 0.5) is 0 Å². The Morgan fingerprint density at radius 1 is 1.00 bits per heavy atom. The van der Waals surface area contributed by atoms with Gasteiger partial charge in [0.05, 0.1) is 5.39 Å². The molecule has 0 amide bonds. The van der Waals surface area contributed by atoms with Gasteiger partial charge in [0.2, 0.25) is 0 Å². The number of para-hydroxylation sites is 1. The van der Waals surface area contributed by atoms with Gasteiger partial charge in [-0.1, -0.05) is 23.7 Å². The zero-order chi connectivity index (χ0) is 14.3. The zero-order valence-corrected chi connectivity index (χ0v) is 12.0. The molecular weight excluding hydrogens is 272 g/mol. The molecule has 1 heterocycles. The van der Waals surface area contributed by atoms with Crippen LogP contribution in [0.2, 0.25) is 5.02 Å². The predicted octanol–water partition coefficient (Wildman–Crippen LogP) is 4.73. The Morgan fingerprint density at radius 2 is 1.65 bits per heavy atom. The quantitative estimate of drug-likeness (QED) is 0.646. The van der Waals surface area contributed by atoms with E-state index in [-0.39, 0.29) is 5.43 Å². The number of hydrogen-bond donors (Lipinski definition) is 0. The molecule has 3 heteroatoms. The lowest BCUT2D eigenvalue weighted by atomic mass is 10.0. The number of halogens is 1. The van der Waals surface area contributed by atoms with E-state index in [2.05, 4.69) is 0 Å². The molecule has 2 nitrogen and oxygen atoms in total. The van der Waals surface area contributed by atoms with Crippen molar-refractivity contribution < 1.29 is 4.42 Å². The predicted molar refractivity (Wildman–Crippen MR) is 82.4 cm³/mol. The lowest BCUT2D eigenvalue weighted by Crippen LogP contribution is -2.00. The SMILES string of the molecule is Cc1cc(-c2cc(=O)c3ccccc3o2)cc(C)c1Cl. The maximum Gasteiger partial charge on any atom is 0.193 e. The Balaban J connectivity index is 2.27. The van der Waals surface area contributed by atoms with E-state index in [0.717, 1.165) is 21.7 Å². The van der Waals surface area contributed by atoms with Crippen LogP contribution in [0.15, 0.2) is 51.7 Å². The fourth-order valence-electron chi connectivity index (χ4n) is 2.33. The van der Waals surface area contributed by atoms with E-state index in [9.17, 15) is 4.79 Å². The van der Waals surface area contributed by atoms with Crippen molar-refractivity contribution in [3.05, 3.63) is 68.8 Å². The van der Waals surface area contributed by atoms with Crippen LogP contribution >= 0.6 is 11.6 Å². The van der Waals surface area contributed by atoms with Gasteiger partial charge in [0.15, 0.2) is 5.43 Å². The van der Waals surface area contributed by atoms with Crippen molar-refractivity contribution in [1.82, 2.24) is 0 Å². The van der Waals surface area contributed by atoms with Gasteiger partial charge in [0, 0.05) is 16.7 Å². The van der Waals surface area contributed by atoms with Gasteiger partial charge in [-0.15, -0.1) is 0 Å². The maximum atomic E-state index is 12.1. The molecule has 0 saturated carbocycles.